The molecule has 1 unspecified atom stereocenters. The number of carbonyl (C=O) groups excluding carboxylic acids is 1. The molecule has 1 atom stereocenters. The van der Waals surface area contributed by atoms with E-state index < -0.39 is 12.1 Å². The lowest BCUT2D eigenvalue weighted by Gasteiger charge is -2.16. The molecule has 1 heterocycles. The molecule has 1 aromatic heterocycles. The molecule has 0 saturated heterocycles. The third-order valence-corrected chi connectivity index (χ3v) is 2.71. The number of halogens is 1. The quantitative estimate of drug-likeness (QED) is 0.846. The average Bonchev–Trinajstić information content (AvgIpc) is 2.78. The molecule has 9 heteroatoms. The van der Waals surface area contributed by atoms with Gasteiger partial charge < -0.3 is 16.2 Å². The van der Waals surface area contributed by atoms with Gasteiger partial charge in [0.25, 0.3) is 5.95 Å². The molecule has 1 aromatic carbocycles. The summed E-state index contributed by atoms with van der Waals surface area (Å²) >= 11 is 6.10. The first-order valence-corrected chi connectivity index (χ1v) is 5.67. The van der Waals surface area contributed by atoms with Gasteiger partial charge in [-0.15, -0.1) is 5.10 Å². The molecule has 100 valence electrons. The Hall–Kier alpha value is -2.35. The van der Waals surface area contributed by atoms with Crippen LogP contribution in [0.4, 0.5) is 10.7 Å². The van der Waals surface area contributed by atoms with E-state index in [1.807, 2.05) is 0 Å². The van der Waals surface area contributed by atoms with Crippen molar-refractivity contribution in [2.45, 2.75) is 6.04 Å². The van der Waals surface area contributed by atoms with Crippen LogP contribution in [0.25, 0.3) is 0 Å². The minimum atomic E-state index is -0.898. The van der Waals surface area contributed by atoms with Gasteiger partial charge in [0.2, 0.25) is 0 Å². The first kappa shape index (κ1) is 13.1. The Labute approximate surface area is 113 Å². The molecule has 0 saturated carbocycles. The van der Waals surface area contributed by atoms with E-state index in [0.29, 0.717) is 10.6 Å². The van der Waals surface area contributed by atoms with E-state index in [-0.39, 0.29) is 12.6 Å². The van der Waals surface area contributed by atoms with Crippen LogP contribution in [0.1, 0.15) is 11.6 Å². The number of carbonyl (C=O) groups is 1. The highest BCUT2D eigenvalue weighted by atomic mass is 35.5. The standard InChI is InChI=1S/C10H11ClN6O2/c11-7-4-2-1-3-6(7)8(5-19-10(13)18)17-15-9(12)14-16-17/h1-4,8H,5H2,(H2,12,15)(H2,13,18). The van der Waals surface area contributed by atoms with Gasteiger partial charge in [0, 0.05) is 10.6 Å². The fourth-order valence-electron chi connectivity index (χ4n) is 1.56. The summed E-state index contributed by atoms with van der Waals surface area (Å²) in [5.74, 6) is 0.0103. The van der Waals surface area contributed by atoms with Crippen molar-refractivity contribution in [1.29, 1.82) is 0 Å². The first-order valence-electron chi connectivity index (χ1n) is 5.29. The smallest absolute Gasteiger partial charge is 0.404 e. The van der Waals surface area contributed by atoms with Gasteiger partial charge in [-0.2, -0.15) is 4.80 Å². The van der Waals surface area contributed by atoms with Crippen LogP contribution in [0.3, 0.4) is 0 Å². The lowest BCUT2D eigenvalue weighted by atomic mass is 10.1. The van der Waals surface area contributed by atoms with Crippen LogP contribution in [-0.2, 0) is 4.74 Å². The highest BCUT2D eigenvalue weighted by Crippen LogP contribution is 2.25. The van der Waals surface area contributed by atoms with Crippen LogP contribution >= 0.6 is 11.6 Å². The highest BCUT2D eigenvalue weighted by molar-refractivity contribution is 6.31. The molecule has 0 fully saturated rings. The minimum absolute atomic E-state index is 0.0103. The Morgan fingerprint density at radius 1 is 1.47 bits per heavy atom. The maximum atomic E-state index is 10.7. The predicted octanol–water partition coefficient (Wildman–Crippen LogP) is 0.593. The zero-order valence-corrected chi connectivity index (χ0v) is 10.5. The van der Waals surface area contributed by atoms with Crippen molar-refractivity contribution >= 4 is 23.6 Å². The summed E-state index contributed by atoms with van der Waals surface area (Å²) in [4.78, 5) is 12.0. The van der Waals surface area contributed by atoms with E-state index in [0.717, 1.165) is 0 Å². The van der Waals surface area contributed by atoms with E-state index in [1.165, 1.54) is 4.80 Å². The fraction of sp³-hybridized carbons (Fsp3) is 0.200. The zero-order valence-electron chi connectivity index (χ0n) is 9.73. The summed E-state index contributed by atoms with van der Waals surface area (Å²) in [6, 6.07) is 6.48. The maximum Gasteiger partial charge on any atom is 0.404 e. The number of nitrogens with two attached hydrogens (primary N) is 2. The van der Waals surface area contributed by atoms with E-state index in [1.54, 1.807) is 24.3 Å². The van der Waals surface area contributed by atoms with E-state index in [2.05, 4.69) is 15.4 Å². The number of tetrazole rings is 1. The molecule has 0 spiro atoms. The van der Waals surface area contributed by atoms with Crippen molar-refractivity contribution in [2.24, 2.45) is 5.73 Å². The number of benzene rings is 1. The minimum Gasteiger partial charge on any atom is -0.447 e. The number of ether oxygens (including phenoxy) is 1. The first-order chi connectivity index (χ1) is 9.08. The van der Waals surface area contributed by atoms with Crippen molar-refractivity contribution in [3.8, 4) is 0 Å². The molecule has 4 N–H and O–H groups in total. The summed E-state index contributed by atoms with van der Waals surface area (Å²) in [7, 11) is 0. The molecular formula is C10H11ClN6O2. The van der Waals surface area contributed by atoms with Crippen molar-refractivity contribution in [1.82, 2.24) is 20.2 Å². The summed E-state index contributed by atoms with van der Waals surface area (Å²) in [5.41, 5.74) is 11.0. The number of anilines is 1. The second-order valence-corrected chi connectivity index (χ2v) is 4.04. The van der Waals surface area contributed by atoms with Gasteiger partial charge in [-0.3, -0.25) is 0 Å². The van der Waals surface area contributed by atoms with Gasteiger partial charge >= 0.3 is 6.09 Å². The third kappa shape index (κ3) is 3.10. The molecule has 0 bridgehead atoms. The van der Waals surface area contributed by atoms with Gasteiger partial charge in [0.1, 0.15) is 12.6 Å². The lowest BCUT2D eigenvalue weighted by molar-refractivity contribution is 0.139. The van der Waals surface area contributed by atoms with E-state index >= 15 is 0 Å². The lowest BCUT2D eigenvalue weighted by Crippen LogP contribution is -2.24. The number of aromatic nitrogens is 4. The van der Waals surface area contributed by atoms with Crippen molar-refractivity contribution in [3.05, 3.63) is 34.9 Å². The molecule has 0 aliphatic rings. The zero-order chi connectivity index (χ0) is 13.8. The second-order valence-electron chi connectivity index (χ2n) is 3.64. The second kappa shape index (κ2) is 5.53. The van der Waals surface area contributed by atoms with E-state index in [4.69, 9.17) is 27.8 Å². The van der Waals surface area contributed by atoms with Crippen LogP contribution in [0.2, 0.25) is 5.02 Å². The Morgan fingerprint density at radius 2 is 2.21 bits per heavy atom. The van der Waals surface area contributed by atoms with Crippen LogP contribution in [0, 0.1) is 0 Å². The van der Waals surface area contributed by atoms with Crippen LogP contribution in [0.15, 0.2) is 24.3 Å². The van der Waals surface area contributed by atoms with Gasteiger partial charge in [0.15, 0.2) is 0 Å². The number of nitrogens with zero attached hydrogens (tertiary/aromatic N) is 4. The fourth-order valence-corrected chi connectivity index (χ4v) is 1.82. The van der Waals surface area contributed by atoms with Crippen LogP contribution in [-0.4, -0.2) is 32.9 Å². The van der Waals surface area contributed by atoms with Crippen molar-refractivity contribution < 1.29 is 9.53 Å². The van der Waals surface area contributed by atoms with E-state index in [9.17, 15) is 4.79 Å². The number of nitrogen functional groups attached to an aromatic ring is 1. The van der Waals surface area contributed by atoms with Crippen LogP contribution < -0.4 is 11.5 Å². The van der Waals surface area contributed by atoms with Crippen molar-refractivity contribution in [3.63, 3.8) is 0 Å². The largest absolute Gasteiger partial charge is 0.447 e. The van der Waals surface area contributed by atoms with Gasteiger partial charge in [0.05, 0.1) is 0 Å². The van der Waals surface area contributed by atoms with Gasteiger partial charge in [-0.1, -0.05) is 34.9 Å². The number of hydrogen-bond acceptors (Lipinski definition) is 6. The normalized spacial score (nSPS) is 12.1. The Kier molecular flexibility index (Phi) is 3.81. The maximum absolute atomic E-state index is 10.7. The van der Waals surface area contributed by atoms with Crippen molar-refractivity contribution in [2.75, 3.05) is 12.3 Å². The molecule has 0 aliphatic carbocycles. The van der Waals surface area contributed by atoms with Gasteiger partial charge in [-0.05, 0) is 11.3 Å². The summed E-state index contributed by atoms with van der Waals surface area (Å²) in [6.45, 7) is -0.0745. The molecule has 0 aliphatic heterocycles. The molecule has 8 nitrogen and oxygen atoms in total. The molecular weight excluding hydrogens is 272 g/mol. The Morgan fingerprint density at radius 3 is 2.79 bits per heavy atom. The summed E-state index contributed by atoms with van der Waals surface area (Å²) < 4.78 is 4.79. The molecule has 0 radical (unpaired) electrons. The average molecular weight is 283 g/mol. The number of primary amides is 1. The number of rotatable bonds is 4. The molecule has 2 aromatic rings. The topological polar surface area (TPSA) is 122 Å². The summed E-state index contributed by atoms with van der Waals surface area (Å²) in [6.07, 6.45) is -0.898. The van der Waals surface area contributed by atoms with Crippen LogP contribution in [0.5, 0.6) is 0 Å². The highest BCUT2D eigenvalue weighted by Gasteiger charge is 2.21. The summed E-state index contributed by atoms with van der Waals surface area (Å²) in [5, 5.41) is 11.7. The van der Waals surface area contributed by atoms with Gasteiger partial charge in [-0.25, -0.2) is 4.79 Å². The molecule has 19 heavy (non-hydrogen) atoms. The Balaban J connectivity index is 2.34. The number of amides is 1. The monoisotopic (exact) mass is 282 g/mol. The number of hydrogen-bond donors (Lipinski definition) is 2. The molecule has 1 amide bonds. The SMILES string of the molecule is NC(=O)OCC(c1ccccc1Cl)n1nnc(N)n1. The molecule has 2 rings (SSSR count). The third-order valence-electron chi connectivity index (χ3n) is 2.37. The predicted molar refractivity (Wildman–Crippen MR) is 67.4 cm³/mol. The Bertz CT molecular complexity index is 587.